The number of rotatable bonds is 4. The van der Waals surface area contributed by atoms with Crippen LogP contribution in [0.1, 0.15) is 19.1 Å². The van der Waals surface area contributed by atoms with Crippen molar-refractivity contribution in [3.63, 3.8) is 0 Å². The smallest absolute Gasteiger partial charge is 0.325 e. The lowest BCUT2D eigenvalue weighted by Crippen LogP contribution is -2.16. The molecule has 1 saturated heterocycles. The van der Waals surface area contributed by atoms with E-state index in [0.29, 0.717) is 18.5 Å². The normalized spacial score (nSPS) is 25.2. The first kappa shape index (κ1) is 14.4. The van der Waals surface area contributed by atoms with Gasteiger partial charge in [-0.1, -0.05) is 0 Å². The average Bonchev–Trinajstić information content (AvgIpc) is 3.02. The summed E-state index contributed by atoms with van der Waals surface area (Å²) in [7, 11) is -3.50. The molecule has 3 rings (SSSR count). The molecule has 0 saturated carbocycles. The molecule has 0 spiro atoms. The molecule has 1 aliphatic rings. The summed E-state index contributed by atoms with van der Waals surface area (Å²) in [5.41, 5.74) is 0.409. The molecule has 0 aliphatic carbocycles. The summed E-state index contributed by atoms with van der Waals surface area (Å²) in [6.07, 6.45) is 3.62. The van der Waals surface area contributed by atoms with E-state index in [0.717, 1.165) is 6.66 Å². The third-order valence-corrected chi connectivity index (χ3v) is 3.89. The Hall–Kier alpha value is -1.54. The second kappa shape index (κ2) is 5.34. The standard InChI is InChI=1S/C11H15N4O5P/c1-21(17,18)19-4-7-2-3-8(20-7)15-6-14-9-10(15)12-5-13-11(9)16/h5-8H,2-4H2,1H3,(H,17,18)(H,12,13,16)/t7-,8+/m0/s1. The predicted molar refractivity (Wildman–Crippen MR) is 73.0 cm³/mol. The number of H-pyrrole nitrogens is 1. The Labute approximate surface area is 119 Å². The summed E-state index contributed by atoms with van der Waals surface area (Å²) in [5, 5.41) is 0. The van der Waals surface area contributed by atoms with Crippen molar-refractivity contribution in [1.82, 2.24) is 19.5 Å². The van der Waals surface area contributed by atoms with Gasteiger partial charge in [-0.05, 0) is 12.8 Å². The molecule has 10 heteroatoms. The predicted octanol–water partition coefficient (Wildman–Crippen LogP) is 0.629. The maximum absolute atomic E-state index is 11.6. The summed E-state index contributed by atoms with van der Waals surface area (Å²) in [4.78, 5) is 31.3. The first-order valence-electron chi connectivity index (χ1n) is 6.44. The van der Waals surface area contributed by atoms with Crippen molar-refractivity contribution in [2.45, 2.75) is 25.2 Å². The molecule has 1 unspecified atom stereocenters. The molecular weight excluding hydrogens is 299 g/mol. The highest BCUT2D eigenvalue weighted by Gasteiger charge is 2.29. The van der Waals surface area contributed by atoms with Crippen molar-refractivity contribution in [2.75, 3.05) is 13.3 Å². The number of aromatic amines is 1. The summed E-state index contributed by atoms with van der Waals surface area (Å²) in [6, 6.07) is 0. The monoisotopic (exact) mass is 314 g/mol. The van der Waals surface area contributed by atoms with Crippen molar-refractivity contribution in [1.29, 1.82) is 0 Å². The van der Waals surface area contributed by atoms with Gasteiger partial charge in [0.15, 0.2) is 11.2 Å². The zero-order valence-corrected chi connectivity index (χ0v) is 12.2. The molecule has 2 aromatic heterocycles. The maximum Gasteiger partial charge on any atom is 0.325 e. The fourth-order valence-electron chi connectivity index (χ4n) is 2.31. The lowest BCUT2D eigenvalue weighted by molar-refractivity contribution is -0.0172. The summed E-state index contributed by atoms with van der Waals surface area (Å²) in [5.74, 6) is 0. The van der Waals surface area contributed by atoms with Crippen LogP contribution in [-0.4, -0.2) is 43.8 Å². The van der Waals surface area contributed by atoms with Crippen molar-refractivity contribution in [3.8, 4) is 0 Å². The van der Waals surface area contributed by atoms with E-state index < -0.39 is 7.60 Å². The molecule has 0 radical (unpaired) electrons. The molecule has 0 bridgehead atoms. The molecule has 2 aromatic rings. The fourth-order valence-corrected chi connectivity index (χ4v) is 2.75. The quantitative estimate of drug-likeness (QED) is 0.794. The van der Waals surface area contributed by atoms with E-state index in [-0.39, 0.29) is 30.0 Å². The first-order valence-corrected chi connectivity index (χ1v) is 8.47. The summed E-state index contributed by atoms with van der Waals surface area (Å²) < 4.78 is 23.4. The van der Waals surface area contributed by atoms with Gasteiger partial charge in [0.25, 0.3) is 5.56 Å². The Kier molecular flexibility index (Phi) is 3.66. The lowest BCUT2D eigenvalue weighted by Gasteiger charge is -2.15. The molecule has 1 fully saturated rings. The SMILES string of the molecule is CP(=O)(O)OC[C@@H]1CC[C@H](n2cnc3c(=O)[nH]cnc32)O1. The highest BCUT2D eigenvalue weighted by Crippen LogP contribution is 2.38. The van der Waals surface area contributed by atoms with Gasteiger partial charge in [0, 0.05) is 6.66 Å². The van der Waals surface area contributed by atoms with E-state index in [4.69, 9.17) is 14.2 Å². The van der Waals surface area contributed by atoms with E-state index in [1.165, 1.54) is 12.7 Å². The van der Waals surface area contributed by atoms with Crippen molar-refractivity contribution < 1.29 is 18.7 Å². The summed E-state index contributed by atoms with van der Waals surface area (Å²) in [6.45, 7) is 1.19. The zero-order chi connectivity index (χ0) is 15.0. The molecular formula is C11H15N4O5P. The van der Waals surface area contributed by atoms with Crippen LogP contribution in [-0.2, 0) is 13.8 Å². The zero-order valence-electron chi connectivity index (χ0n) is 11.3. The molecule has 2 N–H and O–H groups in total. The Morgan fingerprint density at radius 1 is 1.57 bits per heavy atom. The van der Waals surface area contributed by atoms with Gasteiger partial charge in [0.05, 0.1) is 25.4 Å². The second-order valence-electron chi connectivity index (χ2n) is 4.94. The Morgan fingerprint density at radius 2 is 2.38 bits per heavy atom. The Bertz CT molecular complexity index is 750. The van der Waals surface area contributed by atoms with Gasteiger partial charge < -0.3 is 19.1 Å². The molecule has 3 atom stereocenters. The van der Waals surface area contributed by atoms with Crippen LogP contribution in [0.2, 0.25) is 0 Å². The van der Waals surface area contributed by atoms with E-state index in [1.807, 2.05) is 0 Å². The highest BCUT2D eigenvalue weighted by molar-refractivity contribution is 7.51. The minimum absolute atomic E-state index is 0.0570. The van der Waals surface area contributed by atoms with Crippen LogP contribution in [0.15, 0.2) is 17.4 Å². The largest absolute Gasteiger partial charge is 0.352 e. The molecule has 0 aromatic carbocycles. The lowest BCUT2D eigenvalue weighted by atomic mass is 10.2. The van der Waals surface area contributed by atoms with Gasteiger partial charge in [-0.3, -0.25) is 13.9 Å². The van der Waals surface area contributed by atoms with Crippen LogP contribution < -0.4 is 5.56 Å². The van der Waals surface area contributed by atoms with E-state index >= 15 is 0 Å². The van der Waals surface area contributed by atoms with Crippen LogP contribution in [0.5, 0.6) is 0 Å². The van der Waals surface area contributed by atoms with Crippen LogP contribution >= 0.6 is 7.60 Å². The van der Waals surface area contributed by atoms with Crippen molar-refractivity contribution in [2.24, 2.45) is 0 Å². The number of nitrogens with one attached hydrogen (secondary N) is 1. The van der Waals surface area contributed by atoms with Crippen molar-refractivity contribution >= 4 is 18.8 Å². The second-order valence-corrected chi connectivity index (χ2v) is 6.81. The van der Waals surface area contributed by atoms with Gasteiger partial charge >= 0.3 is 7.60 Å². The molecule has 1 aliphatic heterocycles. The number of hydrogen-bond acceptors (Lipinski definition) is 6. The number of ether oxygens (including phenoxy) is 1. The van der Waals surface area contributed by atoms with Crippen LogP contribution in [0.3, 0.4) is 0 Å². The molecule has 21 heavy (non-hydrogen) atoms. The van der Waals surface area contributed by atoms with E-state index in [1.54, 1.807) is 4.57 Å². The highest BCUT2D eigenvalue weighted by atomic mass is 31.2. The molecule has 114 valence electrons. The Morgan fingerprint density at radius 3 is 3.14 bits per heavy atom. The number of aromatic nitrogens is 4. The van der Waals surface area contributed by atoms with Gasteiger partial charge in [-0.15, -0.1) is 0 Å². The van der Waals surface area contributed by atoms with Crippen LogP contribution in [0.4, 0.5) is 0 Å². The van der Waals surface area contributed by atoms with Gasteiger partial charge in [0.1, 0.15) is 6.23 Å². The number of imidazole rings is 1. The minimum Gasteiger partial charge on any atom is -0.352 e. The fraction of sp³-hybridized carbons (Fsp3) is 0.545. The number of hydrogen-bond donors (Lipinski definition) is 2. The van der Waals surface area contributed by atoms with Crippen molar-refractivity contribution in [3.05, 3.63) is 23.0 Å². The van der Waals surface area contributed by atoms with Crippen LogP contribution in [0, 0.1) is 0 Å². The third-order valence-electron chi connectivity index (χ3n) is 3.26. The number of nitrogens with zero attached hydrogens (tertiary/aromatic N) is 3. The van der Waals surface area contributed by atoms with Gasteiger partial charge in [-0.25, -0.2) is 9.97 Å². The molecule has 0 amide bonds. The summed E-state index contributed by atoms with van der Waals surface area (Å²) >= 11 is 0. The van der Waals surface area contributed by atoms with E-state index in [9.17, 15) is 9.36 Å². The minimum atomic E-state index is -3.50. The van der Waals surface area contributed by atoms with Gasteiger partial charge in [-0.2, -0.15) is 0 Å². The average molecular weight is 314 g/mol. The molecule has 3 heterocycles. The van der Waals surface area contributed by atoms with E-state index in [2.05, 4.69) is 15.0 Å². The third kappa shape index (κ3) is 3.06. The topological polar surface area (TPSA) is 119 Å². The maximum atomic E-state index is 11.6. The van der Waals surface area contributed by atoms with Gasteiger partial charge in [0.2, 0.25) is 0 Å². The molecule has 9 nitrogen and oxygen atoms in total. The van der Waals surface area contributed by atoms with Crippen LogP contribution in [0.25, 0.3) is 11.2 Å². The number of fused-ring (bicyclic) bond motifs is 1. The Balaban J connectivity index is 1.75. The first-order chi connectivity index (χ1) is 9.94.